The number of unbranched alkanes of at least 4 members (excludes halogenated alkanes) is 56. The van der Waals surface area contributed by atoms with Crippen LogP contribution in [0.1, 0.15) is 465 Å². The third-order valence-corrected chi connectivity index (χ3v) is 22.4. The highest BCUT2D eigenvalue weighted by molar-refractivity contribution is 7.47. The fourth-order valence-corrected chi connectivity index (χ4v) is 15.2. The van der Waals surface area contributed by atoms with Gasteiger partial charge in [-0.05, 0) is 37.5 Å². The van der Waals surface area contributed by atoms with Crippen LogP contribution in [0.2, 0.25) is 0 Å². The van der Waals surface area contributed by atoms with Gasteiger partial charge in [0, 0.05) is 25.7 Å². The van der Waals surface area contributed by atoms with E-state index in [0.29, 0.717) is 25.7 Å². The van der Waals surface area contributed by atoms with E-state index in [1.807, 2.05) is 0 Å². The number of phosphoric ester groups is 2. The minimum Gasteiger partial charge on any atom is -0.462 e. The maximum atomic E-state index is 13.2. The Kier molecular flexibility index (Phi) is 76.9. The summed E-state index contributed by atoms with van der Waals surface area (Å²) in [5.41, 5.74) is 0. The smallest absolute Gasteiger partial charge is 0.462 e. The maximum absolute atomic E-state index is 13.2. The molecule has 0 spiro atoms. The molecule has 0 radical (unpaired) electrons. The highest BCUT2D eigenvalue weighted by atomic mass is 31.2. The number of esters is 4. The third-order valence-electron chi connectivity index (χ3n) is 20.5. The van der Waals surface area contributed by atoms with Crippen LogP contribution < -0.4 is 0 Å². The van der Waals surface area contributed by atoms with Gasteiger partial charge in [-0.2, -0.15) is 0 Å². The van der Waals surface area contributed by atoms with Crippen molar-refractivity contribution in [3.05, 3.63) is 0 Å². The standard InChI is InChI=1S/C87H170O17P2/c1-7-9-11-13-15-17-19-21-22-23-29-35-41-47-53-59-65-71-86(91)103-82(75-97-84(89)69-63-57-51-45-39-20-18-16-14-12-10-8-2)77-101-105(93,94)99-73-81(88)74-100-106(95,96)102-78-83(76-98-85(90)70-64-58-52-46-40-34-31-26-28-33-38-44-50-56-62-68-80(5)6)104-87(92)72-66-60-54-48-42-36-30-25-24-27-32-37-43-49-55-61-67-79(3)4/h79-83,88H,7-78H2,1-6H3,(H,93,94)(H,95,96)/t81-,82+,83+/m0/s1. The summed E-state index contributed by atoms with van der Waals surface area (Å²) in [6.07, 6.45) is 70.7. The second-order valence-corrected chi connectivity index (χ2v) is 35.1. The van der Waals surface area contributed by atoms with Gasteiger partial charge in [-0.3, -0.25) is 37.3 Å². The minimum absolute atomic E-state index is 0.109. The predicted molar refractivity (Wildman–Crippen MR) is 437 cm³/mol. The molecule has 2 unspecified atom stereocenters. The van der Waals surface area contributed by atoms with Gasteiger partial charge < -0.3 is 33.8 Å². The number of ether oxygens (including phenoxy) is 4. The summed E-state index contributed by atoms with van der Waals surface area (Å²) in [5.74, 6) is -0.482. The van der Waals surface area contributed by atoms with Crippen LogP contribution in [0.4, 0.5) is 0 Å². The molecule has 0 aromatic heterocycles. The van der Waals surface area contributed by atoms with Gasteiger partial charge in [0.05, 0.1) is 26.4 Å². The molecule has 0 aliphatic rings. The van der Waals surface area contributed by atoms with Crippen molar-refractivity contribution in [1.82, 2.24) is 0 Å². The first kappa shape index (κ1) is 104. The molecule has 0 saturated carbocycles. The van der Waals surface area contributed by atoms with Crippen molar-refractivity contribution in [2.24, 2.45) is 11.8 Å². The Morgan fingerprint density at radius 1 is 0.255 bits per heavy atom. The molecule has 19 heteroatoms. The lowest BCUT2D eigenvalue weighted by molar-refractivity contribution is -0.161. The van der Waals surface area contributed by atoms with E-state index in [4.69, 9.17) is 37.0 Å². The zero-order valence-electron chi connectivity index (χ0n) is 69.7. The van der Waals surface area contributed by atoms with Crippen LogP contribution >= 0.6 is 15.6 Å². The van der Waals surface area contributed by atoms with Crippen LogP contribution in [0, 0.1) is 11.8 Å². The minimum atomic E-state index is -4.97. The number of rotatable bonds is 86. The number of carbonyl (C=O) groups is 4. The van der Waals surface area contributed by atoms with Gasteiger partial charge in [0.15, 0.2) is 12.2 Å². The first-order chi connectivity index (χ1) is 51.4. The molecule has 0 aliphatic heterocycles. The number of carbonyl (C=O) groups excluding carboxylic acids is 4. The largest absolute Gasteiger partial charge is 0.472 e. The van der Waals surface area contributed by atoms with Gasteiger partial charge in [0.2, 0.25) is 0 Å². The Morgan fingerprint density at radius 3 is 0.642 bits per heavy atom. The molecule has 0 fully saturated rings. The van der Waals surface area contributed by atoms with Crippen molar-refractivity contribution in [2.45, 2.75) is 484 Å². The zero-order valence-corrected chi connectivity index (χ0v) is 71.5. The monoisotopic (exact) mass is 1550 g/mol. The SMILES string of the molecule is CCCCCCCCCCCCCCCCCCCC(=O)O[C@H](COC(=O)CCCCCCCCCCCCCC)COP(=O)(O)OC[C@H](O)COP(=O)(O)OC[C@@H](COC(=O)CCCCCCCCCCCCCCCCCC(C)C)OC(=O)CCCCCCCCCCCCCCCCCCC(C)C. The van der Waals surface area contributed by atoms with E-state index in [-0.39, 0.29) is 25.7 Å². The van der Waals surface area contributed by atoms with Crippen LogP contribution in [0.3, 0.4) is 0 Å². The van der Waals surface area contributed by atoms with Crippen LogP contribution in [0.25, 0.3) is 0 Å². The summed E-state index contributed by atoms with van der Waals surface area (Å²) >= 11 is 0. The molecular formula is C87H170O17P2. The Bertz CT molecular complexity index is 2030. The highest BCUT2D eigenvalue weighted by Crippen LogP contribution is 2.45. The predicted octanol–water partition coefficient (Wildman–Crippen LogP) is 26.6. The third kappa shape index (κ3) is 80.1. The second-order valence-electron chi connectivity index (χ2n) is 32.2. The fourth-order valence-electron chi connectivity index (χ4n) is 13.6. The van der Waals surface area contributed by atoms with Crippen molar-refractivity contribution in [2.75, 3.05) is 39.6 Å². The lowest BCUT2D eigenvalue weighted by Gasteiger charge is -2.21. The van der Waals surface area contributed by atoms with E-state index < -0.39 is 97.5 Å². The number of phosphoric acid groups is 2. The summed E-state index contributed by atoms with van der Waals surface area (Å²) in [6, 6.07) is 0. The normalized spacial score (nSPS) is 13.8. The maximum Gasteiger partial charge on any atom is 0.472 e. The van der Waals surface area contributed by atoms with Crippen molar-refractivity contribution in [3.8, 4) is 0 Å². The van der Waals surface area contributed by atoms with Crippen molar-refractivity contribution >= 4 is 39.5 Å². The Morgan fingerprint density at radius 2 is 0.434 bits per heavy atom. The molecule has 106 heavy (non-hydrogen) atoms. The van der Waals surface area contributed by atoms with Crippen LogP contribution in [-0.4, -0.2) is 96.7 Å². The fraction of sp³-hybridized carbons (Fsp3) is 0.954. The molecule has 0 bridgehead atoms. The van der Waals surface area contributed by atoms with Crippen molar-refractivity contribution < 1.29 is 80.2 Å². The number of hydrogen-bond acceptors (Lipinski definition) is 15. The molecule has 630 valence electrons. The van der Waals surface area contributed by atoms with Gasteiger partial charge in [-0.1, -0.05) is 414 Å². The van der Waals surface area contributed by atoms with E-state index in [1.165, 1.54) is 283 Å². The summed E-state index contributed by atoms with van der Waals surface area (Å²) in [4.78, 5) is 73.3. The lowest BCUT2D eigenvalue weighted by Crippen LogP contribution is -2.30. The van der Waals surface area contributed by atoms with Crippen molar-refractivity contribution in [1.29, 1.82) is 0 Å². The summed E-state index contributed by atoms with van der Waals surface area (Å²) < 4.78 is 69.0. The summed E-state index contributed by atoms with van der Waals surface area (Å²) in [6.45, 7) is 9.74. The quantitative estimate of drug-likeness (QED) is 0.0222. The second kappa shape index (κ2) is 78.3. The topological polar surface area (TPSA) is 237 Å². The van der Waals surface area contributed by atoms with Crippen LogP contribution in [0.15, 0.2) is 0 Å². The average Bonchev–Trinajstić information content (AvgIpc) is 0.900. The first-order valence-corrected chi connectivity index (χ1v) is 48.0. The van der Waals surface area contributed by atoms with Gasteiger partial charge >= 0.3 is 39.5 Å². The molecule has 0 aliphatic carbocycles. The molecule has 17 nitrogen and oxygen atoms in total. The molecule has 3 N–H and O–H groups in total. The van der Waals surface area contributed by atoms with Gasteiger partial charge in [-0.15, -0.1) is 0 Å². The molecule has 0 amide bonds. The molecule has 0 rings (SSSR count). The van der Waals surface area contributed by atoms with E-state index >= 15 is 0 Å². The number of aliphatic hydroxyl groups is 1. The molecule has 0 heterocycles. The highest BCUT2D eigenvalue weighted by Gasteiger charge is 2.30. The lowest BCUT2D eigenvalue weighted by atomic mass is 10.0. The van der Waals surface area contributed by atoms with E-state index in [1.54, 1.807) is 0 Å². The van der Waals surface area contributed by atoms with E-state index in [0.717, 1.165) is 102 Å². The molecule has 0 saturated heterocycles. The average molecular weight is 1550 g/mol. The summed E-state index contributed by atoms with van der Waals surface area (Å²) in [5, 5.41) is 10.7. The van der Waals surface area contributed by atoms with Gasteiger partial charge in [0.1, 0.15) is 19.3 Å². The van der Waals surface area contributed by atoms with Crippen LogP contribution in [0.5, 0.6) is 0 Å². The van der Waals surface area contributed by atoms with Crippen LogP contribution in [-0.2, 0) is 65.4 Å². The van der Waals surface area contributed by atoms with Gasteiger partial charge in [0.25, 0.3) is 0 Å². The number of hydrogen-bond donors (Lipinski definition) is 3. The molecule has 5 atom stereocenters. The Hall–Kier alpha value is -1.94. The Balaban J connectivity index is 5.26. The zero-order chi connectivity index (χ0) is 77.8. The molecule has 0 aromatic carbocycles. The Labute approximate surface area is 651 Å². The van der Waals surface area contributed by atoms with Gasteiger partial charge in [-0.25, -0.2) is 9.13 Å². The number of aliphatic hydroxyl groups excluding tert-OH is 1. The molecular weight excluding hydrogens is 1380 g/mol. The first-order valence-electron chi connectivity index (χ1n) is 45.0. The van der Waals surface area contributed by atoms with Crippen molar-refractivity contribution in [3.63, 3.8) is 0 Å². The van der Waals surface area contributed by atoms with E-state index in [2.05, 4.69) is 41.5 Å². The molecule has 0 aromatic rings. The van der Waals surface area contributed by atoms with E-state index in [9.17, 15) is 43.2 Å². The summed E-state index contributed by atoms with van der Waals surface area (Å²) in [7, 11) is -9.93.